The Hall–Kier alpha value is -3.27. The molecule has 3 aromatic rings. The monoisotopic (exact) mass is 422 g/mol. The van der Waals surface area contributed by atoms with Gasteiger partial charge in [0.05, 0.1) is 0 Å². The number of anilines is 1. The molecular weight excluding hydrogens is 392 g/mol. The molecule has 0 radical (unpaired) electrons. The van der Waals surface area contributed by atoms with E-state index < -0.39 is 0 Å². The van der Waals surface area contributed by atoms with Crippen LogP contribution in [0.2, 0.25) is 0 Å². The smallest absolute Gasteiger partial charge is 0.225 e. The summed E-state index contributed by atoms with van der Waals surface area (Å²) in [7, 11) is 0. The van der Waals surface area contributed by atoms with Crippen molar-refractivity contribution in [3.05, 3.63) is 48.7 Å². The molecule has 0 atom stereocenters. The third-order valence-electron chi connectivity index (χ3n) is 5.26. The van der Waals surface area contributed by atoms with Crippen LogP contribution in [0.25, 0.3) is 5.65 Å². The van der Waals surface area contributed by atoms with Gasteiger partial charge in [-0.1, -0.05) is 6.07 Å². The first kappa shape index (κ1) is 21.0. The first-order valence-corrected chi connectivity index (χ1v) is 10.9. The fourth-order valence-corrected chi connectivity index (χ4v) is 3.63. The number of fused-ring (bicyclic) bond motifs is 1. The molecule has 0 aliphatic carbocycles. The van der Waals surface area contributed by atoms with Crippen molar-refractivity contribution in [1.29, 1.82) is 0 Å². The summed E-state index contributed by atoms with van der Waals surface area (Å²) in [4.78, 5) is 18.1. The fourth-order valence-electron chi connectivity index (χ4n) is 3.63. The Morgan fingerprint density at radius 2 is 1.87 bits per heavy atom. The third kappa shape index (κ3) is 5.66. The van der Waals surface area contributed by atoms with Crippen LogP contribution < -0.4 is 15.5 Å². The van der Waals surface area contributed by atoms with Gasteiger partial charge < -0.3 is 15.5 Å². The lowest BCUT2D eigenvalue weighted by Crippen LogP contribution is -2.47. The van der Waals surface area contributed by atoms with Crippen molar-refractivity contribution >= 4 is 17.6 Å². The van der Waals surface area contributed by atoms with E-state index in [0.29, 0.717) is 6.54 Å². The molecule has 1 saturated heterocycles. The molecule has 31 heavy (non-hydrogen) atoms. The van der Waals surface area contributed by atoms with Crippen molar-refractivity contribution in [2.24, 2.45) is 4.99 Å². The summed E-state index contributed by atoms with van der Waals surface area (Å²) in [5.41, 5.74) is 0.838. The lowest BCUT2D eigenvalue weighted by atomic mass is 10.3. The first-order chi connectivity index (χ1) is 15.3. The van der Waals surface area contributed by atoms with Crippen molar-refractivity contribution in [2.45, 2.75) is 19.9 Å². The zero-order valence-electron chi connectivity index (χ0n) is 18.0. The lowest BCUT2D eigenvalue weighted by Gasteiger charge is -2.34. The van der Waals surface area contributed by atoms with Crippen molar-refractivity contribution in [3.63, 3.8) is 0 Å². The van der Waals surface area contributed by atoms with Gasteiger partial charge in [0.1, 0.15) is 6.54 Å². The molecule has 1 fully saturated rings. The van der Waals surface area contributed by atoms with Crippen LogP contribution in [0.5, 0.6) is 0 Å². The summed E-state index contributed by atoms with van der Waals surface area (Å²) in [6.45, 7) is 9.29. The highest BCUT2D eigenvalue weighted by Gasteiger charge is 2.18. The number of hydrogen-bond donors (Lipinski definition) is 2. The largest absolute Gasteiger partial charge is 0.357 e. The second kappa shape index (κ2) is 10.7. The van der Waals surface area contributed by atoms with Crippen molar-refractivity contribution in [2.75, 3.05) is 50.7 Å². The first-order valence-electron chi connectivity index (χ1n) is 10.9. The number of nitrogens with zero attached hydrogens (tertiary/aromatic N) is 8. The molecule has 10 nitrogen and oxygen atoms in total. The van der Waals surface area contributed by atoms with Crippen molar-refractivity contribution in [3.8, 4) is 0 Å². The molecular formula is C21H30N10. The molecule has 0 amide bonds. The highest BCUT2D eigenvalue weighted by molar-refractivity contribution is 5.79. The Morgan fingerprint density at radius 1 is 1.03 bits per heavy atom. The molecule has 1 aliphatic heterocycles. The van der Waals surface area contributed by atoms with Gasteiger partial charge in [-0.3, -0.25) is 9.30 Å². The summed E-state index contributed by atoms with van der Waals surface area (Å²) in [5.74, 6) is 2.46. The van der Waals surface area contributed by atoms with Crippen LogP contribution in [-0.2, 0) is 6.54 Å². The Labute approximate surface area is 182 Å². The highest BCUT2D eigenvalue weighted by Crippen LogP contribution is 2.09. The number of nitrogens with one attached hydrogen (secondary N) is 2. The van der Waals surface area contributed by atoms with E-state index in [1.807, 2.05) is 34.9 Å². The summed E-state index contributed by atoms with van der Waals surface area (Å²) < 4.78 is 1.97. The quantitative estimate of drug-likeness (QED) is 0.312. The minimum atomic E-state index is 0.476. The number of rotatable bonds is 8. The summed E-state index contributed by atoms with van der Waals surface area (Å²) >= 11 is 0. The zero-order valence-corrected chi connectivity index (χ0v) is 18.0. The van der Waals surface area contributed by atoms with Gasteiger partial charge in [0.15, 0.2) is 17.4 Å². The van der Waals surface area contributed by atoms with Crippen LogP contribution >= 0.6 is 0 Å². The molecule has 3 aromatic heterocycles. The van der Waals surface area contributed by atoms with Crippen LogP contribution in [0.15, 0.2) is 47.8 Å². The van der Waals surface area contributed by atoms with Crippen molar-refractivity contribution in [1.82, 2.24) is 40.1 Å². The number of pyridine rings is 1. The molecule has 0 bridgehead atoms. The predicted octanol–water partition coefficient (Wildman–Crippen LogP) is 0.787. The van der Waals surface area contributed by atoms with E-state index in [9.17, 15) is 0 Å². The topological polar surface area (TPSA) is 98.9 Å². The van der Waals surface area contributed by atoms with Gasteiger partial charge in [-0.15, -0.1) is 10.2 Å². The van der Waals surface area contributed by atoms with Crippen LogP contribution in [0.1, 0.15) is 19.2 Å². The van der Waals surface area contributed by atoms with Crippen LogP contribution in [-0.4, -0.2) is 81.2 Å². The van der Waals surface area contributed by atoms with Gasteiger partial charge in [0, 0.05) is 57.9 Å². The maximum Gasteiger partial charge on any atom is 0.225 e. The maximum atomic E-state index is 4.67. The van der Waals surface area contributed by atoms with E-state index in [-0.39, 0.29) is 0 Å². The van der Waals surface area contributed by atoms with Crippen molar-refractivity contribution < 1.29 is 0 Å². The van der Waals surface area contributed by atoms with Crippen LogP contribution in [0, 0.1) is 0 Å². The summed E-state index contributed by atoms with van der Waals surface area (Å²) in [5, 5.41) is 15.2. The molecule has 4 rings (SSSR count). The lowest BCUT2D eigenvalue weighted by molar-refractivity contribution is 0.254. The minimum absolute atomic E-state index is 0.476. The van der Waals surface area contributed by atoms with Gasteiger partial charge in [-0.25, -0.2) is 15.0 Å². The molecule has 164 valence electrons. The summed E-state index contributed by atoms with van der Waals surface area (Å²) in [6.07, 6.45) is 6.62. The average Bonchev–Trinajstić information content (AvgIpc) is 3.24. The zero-order chi connectivity index (χ0) is 21.3. The SMILES string of the molecule is CCNC(=NCc1nnc2ccccn12)NCCCN1CCN(c2ncccn2)CC1. The molecule has 0 aromatic carbocycles. The molecule has 1 aliphatic rings. The fraction of sp³-hybridized carbons (Fsp3) is 0.476. The Bertz CT molecular complexity index is 962. The number of piperazine rings is 1. The molecule has 0 saturated carbocycles. The Morgan fingerprint density at radius 3 is 2.68 bits per heavy atom. The second-order valence-corrected chi connectivity index (χ2v) is 7.40. The Balaban J connectivity index is 1.20. The number of aromatic nitrogens is 5. The van der Waals surface area contributed by atoms with E-state index in [0.717, 1.165) is 75.6 Å². The van der Waals surface area contributed by atoms with Gasteiger partial charge in [-0.2, -0.15) is 0 Å². The van der Waals surface area contributed by atoms with E-state index in [1.54, 1.807) is 12.4 Å². The molecule has 0 unspecified atom stereocenters. The highest BCUT2D eigenvalue weighted by atomic mass is 15.3. The van der Waals surface area contributed by atoms with E-state index in [1.165, 1.54) is 0 Å². The second-order valence-electron chi connectivity index (χ2n) is 7.40. The van der Waals surface area contributed by atoms with E-state index in [2.05, 4.69) is 52.5 Å². The molecule has 0 spiro atoms. The summed E-state index contributed by atoms with van der Waals surface area (Å²) in [6, 6.07) is 7.72. The molecule has 10 heteroatoms. The maximum absolute atomic E-state index is 4.67. The number of guanidine groups is 1. The standard InChI is InChI=1S/C21H30N10/c1-2-22-20(26-17-19-28-27-18-7-3-4-12-31(18)19)23-10-6-11-29-13-15-30(16-14-29)21-24-8-5-9-25-21/h3-5,7-9,12H,2,6,10-11,13-17H2,1H3,(H2,22,23,26). The third-order valence-corrected chi connectivity index (χ3v) is 5.26. The van der Waals surface area contributed by atoms with E-state index >= 15 is 0 Å². The number of aliphatic imine (C=N–C) groups is 1. The average molecular weight is 423 g/mol. The van der Waals surface area contributed by atoms with E-state index in [4.69, 9.17) is 0 Å². The predicted molar refractivity (Wildman–Crippen MR) is 121 cm³/mol. The van der Waals surface area contributed by atoms with Crippen LogP contribution in [0.3, 0.4) is 0 Å². The van der Waals surface area contributed by atoms with Gasteiger partial charge in [0.25, 0.3) is 0 Å². The van der Waals surface area contributed by atoms with Gasteiger partial charge in [0.2, 0.25) is 5.95 Å². The molecule has 2 N–H and O–H groups in total. The van der Waals surface area contributed by atoms with Gasteiger partial charge in [-0.05, 0) is 38.1 Å². The van der Waals surface area contributed by atoms with Gasteiger partial charge >= 0.3 is 0 Å². The van der Waals surface area contributed by atoms with Crippen LogP contribution in [0.4, 0.5) is 5.95 Å². The normalized spacial score (nSPS) is 15.4. The minimum Gasteiger partial charge on any atom is -0.357 e. The Kier molecular flexibility index (Phi) is 7.22. The molecule has 4 heterocycles. The number of hydrogen-bond acceptors (Lipinski definition) is 7.